The average Bonchev–Trinajstić information content (AvgIpc) is 1.69. The standard InChI is InChI=1S/C76H106N14O19S2/c1-38(2)22-55-70(103)80-34-62(95)83-53(20-21-63(96)97)71(104)86-56(23-39(3)4)73(106)88-65(40(5)6)61(94)27-44(25-46-32-79-52-19-15-13-17-50(46)52)68(101)87-58(74(107)89-66(42(8)91)75(108)109)36-111-110-35-47(28-60(93)54(30-64(98)99)90-76(9,10)11)69(102)82-41(7)59(92)26-43(24-45-31-78-51-18-14-12-16-49(45)51)67(100)84-57(72(105)85-55)29-48-33-77-37-81-48/h12-19,31-33,37-44,47,53-58,65-66,78-79,90-91H,20-30,34-36H2,1-11H3,(H,77,81)(H,80,103)(H,82,102)(H,83,95)(H,84,100)(H,85,105)(H,86,104)(H,87,101)(H,88,106)(H,89,107)(H,96,97)(H,98,99)(H,108,109)/t41-,42+,43+,44+,47-,53-,54-,55-,56-,57-,58-,65-,66-/m0/s1. The first-order valence-corrected chi connectivity index (χ1v) is 39.5. The van der Waals surface area contributed by atoms with Crippen molar-refractivity contribution in [3.63, 3.8) is 0 Å². The van der Waals surface area contributed by atoms with Gasteiger partial charge < -0.3 is 88.5 Å². The minimum atomic E-state index is -1.92. The van der Waals surface area contributed by atoms with Crippen LogP contribution in [0, 0.1) is 35.5 Å². The van der Waals surface area contributed by atoms with Crippen LogP contribution in [0.1, 0.15) is 144 Å². The van der Waals surface area contributed by atoms with Crippen molar-refractivity contribution in [1.82, 2.24) is 73.1 Å². The van der Waals surface area contributed by atoms with Crippen LogP contribution in [-0.2, 0) is 91.2 Å². The van der Waals surface area contributed by atoms with Crippen LogP contribution in [0.2, 0.25) is 0 Å². The van der Waals surface area contributed by atoms with E-state index in [0.29, 0.717) is 38.6 Å². The largest absolute Gasteiger partial charge is 0.481 e. The fourth-order valence-electron chi connectivity index (χ4n) is 12.8. The molecule has 111 heavy (non-hydrogen) atoms. The first-order valence-electron chi connectivity index (χ1n) is 37.0. The van der Waals surface area contributed by atoms with Gasteiger partial charge in [-0.05, 0) is 108 Å². The number of rotatable bonds is 24. The van der Waals surface area contributed by atoms with Crippen molar-refractivity contribution < 1.29 is 92.3 Å². The van der Waals surface area contributed by atoms with Crippen molar-refractivity contribution in [3.8, 4) is 0 Å². The zero-order valence-electron chi connectivity index (χ0n) is 64.2. The fraction of sp³-hybridized carbons (Fsp3) is 0.553. The minimum absolute atomic E-state index is 0.0249. The smallest absolute Gasteiger partial charge is 0.328 e. The predicted octanol–water partition coefficient (Wildman–Crippen LogP) is 2.85. The Labute approximate surface area is 650 Å². The summed E-state index contributed by atoms with van der Waals surface area (Å²) in [6.45, 7) is 16.9. The van der Waals surface area contributed by atoms with Crippen LogP contribution in [0.4, 0.5) is 0 Å². The second-order valence-electron chi connectivity index (χ2n) is 30.4. The fourth-order valence-corrected chi connectivity index (χ4v) is 15.3. The summed E-state index contributed by atoms with van der Waals surface area (Å²) in [4.78, 5) is 226. The maximum atomic E-state index is 15.2. The molecule has 1 aliphatic rings. The average molecular weight is 1580 g/mol. The number of Topliss-reactive ketones (excluding diaryl/α,β-unsaturated/α-hetero) is 3. The lowest BCUT2D eigenvalue weighted by molar-refractivity contribution is -0.145. The summed E-state index contributed by atoms with van der Waals surface area (Å²) in [5.41, 5.74) is 2.00. The van der Waals surface area contributed by atoms with Gasteiger partial charge in [-0.3, -0.25) is 67.1 Å². The molecular weight excluding hydrogens is 1480 g/mol. The van der Waals surface area contributed by atoms with Crippen molar-refractivity contribution in [3.05, 3.63) is 90.3 Å². The lowest BCUT2D eigenvalue weighted by atomic mass is 9.87. The highest BCUT2D eigenvalue weighted by molar-refractivity contribution is 8.76. The van der Waals surface area contributed by atoms with Crippen molar-refractivity contribution in [1.29, 1.82) is 0 Å². The van der Waals surface area contributed by atoms with Gasteiger partial charge in [0.1, 0.15) is 30.2 Å². The Bertz CT molecular complexity index is 4110. The van der Waals surface area contributed by atoms with Crippen LogP contribution in [0.15, 0.2) is 73.4 Å². The molecular formula is C76H106N14O19S2. The number of aliphatic hydroxyl groups excluding tert-OH is 1. The Morgan fingerprint density at radius 1 is 0.586 bits per heavy atom. The second-order valence-corrected chi connectivity index (χ2v) is 33.0. The second kappa shape index (κ2) is 42.4. The number of ketones is 3. The summed E-state index contributed by atoms with van der Waals surface area (Å²) in [6, 6.07) is 0.494. The SMILES string of the molecule is CC(C)C[C@@H]1NC(=O)[C@H](Cc2cnc[nH]2)NC(=O)[C@H](Cc2c[nH]c3ccccc23)CC(=O)[C@H](C)NC(=O)[C@@H](CC(=O)[C@H](CC(=O)O)NC(C)(C)C)CSSC[C@@H](C(=O)N[C@H](C(=O)O)[C@@H](C)O)NC(=O)[C@H](Cc2c[nH]c3ccccc23)CC(=O)[C@H](C(C)C)NC(=O)[C@H](CC(C)C)NC(=O)[C@H](CCC(=O)O)NC(=O)CNC1=O. The Morgan fingerprint density at radius 2 is 1.11 bits per heavy atom. The van der Waals surface area contributed by atoms with E-state index in [1.54, 1.807) is 123 Å². The zero-order valence-corrected chi connectivity index (χ0v) is 65.9. The van der Waals surface area contributed by atoms with E-state index in [0.717, 1.165) is 28.5 Å². The molecule has 6 rings (SSSR count). The van der Waals surface area contributed by atoms with E-state index < -0.39 is 229 Å². The molecule has 0 saturated carbocycles. The van der Waals surface area contributed by atoms with E-state index in [9.17, 15) is 78.0 Å². The summed E-state index contributed by atoms with van der Waals surface area (Å²) < 4.78 is 0. The number of aliphatic carboxylic acids is 3. The highest BCUT2D eigenvalue weighted by atomic mass is 33.1. The van der Waals surface area contributed by atoms with Gasteiger partial charge in [-0.2, -0.15) is 0 Å². The number of carbonyl (C=O) groups is 15. The Balaban J connectivity index is 1.46. The van der Waals surface area contributed by atoms with Crippen LogP contribution in [-0.4, -0.2) is 213 Å². The molecule has 1 aliphatic heterocycles. The zero-order chi connectivity index (χ0) is 82.1. The molecule has 0 unspecified atom stereocenters. The topological polar surface area (TPSA) is 518 Å². The summed E-state index contributed by atoms with van der Waals surface area (Å²) in [5.74, 6) is -21.0. The number of nitrogens with zero attached hydrogens (tertiary/aromatic N) is 1. The number of carbonyl (C=O) groups excluding carboxylic acids is 12. The van der Waals surface area contributed by atoms with Crippen LogP contribution in [0.25, 0.3) is 21.8 Å². The normalized spacial score (nSPS) is 23.2. The molecule has 5 aromatic rings. The van der Waals surface area contributed by atoms with Gasteiger partial charge in [-0.15, -0.1) is 0 Å². The molecule has 35 heteroatoms. The molecule has 0 spiro atoms. The Kier molecular flexibility index (Phi) is 34.4. The number of hydrogen-bond acceptors (Lipinski definition) is 20. The van der Waals surface area contributed by atoms with Gasteiger partial charge in [0.25, 0.3) is 0 Å². The number of fused-ring (bicyclic) bond motifs is 2. The molecule has 1 fully saturated rings. The minimum Gasteiger partial charge on any atom is -0.481 e. The third-order valence-electron chi connectivity index (χ3n) is 18.5. The van der Waals surface area contributed by atoms with E-state index in [2.05, 4.69) is 73.1 Å². The first kappa shape index (κ1) is 89.9. The molecule has 4 heterocycles. The Hall–Kier alpha value is -10.0. The summed E-state index contributed by atoms with van der Waals surface area (Å²) in [7, 11) is 1.77. The molecule has 17 N–H and O–H groups in total. The van der Waals surface area contributed by atoms with Crippen LogP contribution in [0.5, 0.6) is 0 Å². The molecule has 33 nitrogen and oxygen atoms in total. The quantitative estimate of drug-likeness (QED) is 0.0395. The number of H-pyrrole nitrogens is 3. The third kappa shape index (κ3) is 28.7. The molecule has 2 aromatic carbocycles. The first-order chi connectivity index (χ1) is 52.3. The lowest BCUT2D eigenvalue weighted by Crippen LogP contribution is -2.58. The van der Waals surface area contributed by atoms with Crippen molar-refractivity contribution in [2.24, 2.45) is 35.5 Å². The maximum absolute atomic E-state index is 15.2. The van der Waals surface area contributed by atoms with Crippen LogP contribution in [0.3, 0.4) is 0 Å². The molecule has 1 saturated heterocycles. The molecule has 0 aliphatic carbocycles. The monoisotopic (exact) mass is 1580 g/mol. The lowest BCUT2D eigenvalue weighted by Gasteiger charge is -2.29. The van der Waals surface area contributed by atoms with Crippen molar-refractivity contribution >= 4 is 132 Å². The van der Waals surface area contributed by atoms with E-state index in [-0.39, 0.29) is 49.7 Å². The molecule has 9 amide bonds. The number of para-hydroxylation sites is 2. The van der Waals surface area contributed by atoms with E-state index >= 15 is 14.4 Å². The molecule has 0 radical (unpaired) electrons. The van der Waals surface area contributed by atoms with Gasteiger partial charge >= 0.3 is 17.9 Å². The summed E-state index contributed by atoms with van der Waals surface area (Å²) >= 11 is 0. The van der Waals surface area contributed by atoms with Gasteiger partial charge in [0.2, 0.25) is 53.2 Å². The van der Waals surface area contributed by atoms with E-state index in [1.807, 2.05) is 0 Å². The van der Waals surface area contributed by atoms with Gasteiger partial charge in [0, 0.05) is 107 Å². The highest BCUT2D eigenvalue weighted by Crippen LogP contribution is 2.30. The number of nitrogens with one attached hydrogen (secondary N) is 13. The number of carboxylic acids is 3. The summed E-state index contributed by atoms with van der Waals surface area (Å²) in [6.07, 6.45) is -0.00144. The molecule has 13 atom stereocenters. The summed E-state index contributed by atoms with van der Waals surface area (Å²) in [5, 5.41) is 68.2. The van der Waals surface area contributed by atoms with E-state index in [1.165, 1.54) is 19.4 Å². The molecule has 606 valence electrons. The number of benzene rings is 2. The van der Waals surface area contributed by atoms with Gasteiger partial charge in [0.05, 0.1) is 49.4 Å². The predicted molar refractivity (Wildman–Crippen MR) is 414 cm³/mol. The maximum Gasteiger partial charge on any atom is 0.328 e. The van der Waals surface area contributed by atoms with Gasteiger partial charge in [-0.25, -0.2) is 9.78 Å². The number of hydrogen-bond donors (Lipinski definition) is 17. The molecule has 3 aromatic heterocycles. The number of aromatic amines is 3. The Morgan fingerprint density at radius 3 is 1.63 bits per heavy atom. The number of aromatic nitrogens is 4. The van der Waals surface area contributed by atoms with Gasteiger partial charge in [0.15, 0.2) is 23.4 Å². The molecule has 0 bridgehead atoms. The van der Waals surface area contributed by atoms with Crippen LogP contribution >= 0.6 is 21.6 Å². The van der Waals surface area contributed by atoms with Gasteiger partial charge in [-0.1, -0.05) is 99.5 Å². The highest BCUT2D eigenvalue weighted by Gasteiger charge is 2.40. The number of imidazole rings is 1. The number of amides is 9. The van der Waals surface area contributed by atoms with Crippen LogP contribution < -0.4 is 53.2 Å². The number of carboxylic acid groups (broad SMARTS) is 3. The van der Waals surface area contributed by atoms with Crippen molar-refractivity contribution in [2.75, 3.05) is 18.1 Å². The van der Waals surface area contributed by atoms with Crippen molar-refractivity contribution in [2.45, 2.75) is 213 Å². The third-order valence-corrected chi connectivity index (χ3v) is 21.0. The number of aliphatic hydroxyl groups is 1. The van der Waals surface area contributed by atoms with E-state index in [4.69, 9.17) is 0 Å².